The minimum atomic E-state index is -0.119. The summed E-state index contributed by atoms with van der Waals surface area (Å²) in [5.41, 5.74) is -0.119. The smallest absolute Gasteiger partial charge is 0.221 e. The van der Waals surface area contributed by atoms with Gasteiger partial charge in [0.1, 0.15) is 0 Å². The Kier molecular flexibility index (Phi) is 6.67. The molecule has 1 aliphatic rings. The van der Waals surface area contributed by atoms with E-state index in [1.165, 1.54) is 25.0 Å². The van der Waals surface area contributed by atoms with Crippen LogP contribution < -0.4 is 5.32 Å². The normalized spacial score (nSPS) is 23.9. The summed E-state index contributed by atoms with van der Waals surface area (Å²) >= 11 is 2.09. The van der Waals surface area contributed by atoms with E-state index in [1.807, 2.05) is 20.8 Å². The molecule has 3 nitrogen and oxygen atoms in total. The van der Waals surface area contributed by atoms with Gasteiger partial charge in [0.2, 0.25) is 5.91 Å². The molecule has 19 heavy (non-hydrogen) atoms. The molecule has 0 aromatic carbocycles. The molecule has 2 atom stereocenters. The molecule has 0 bridgehead atoms. The van der Waals surface area contributed by atoms with E-state index in [9.17, 15) is 4.79 Å². The number of amides is 1. The molecule has 1 saturated carbocycles. The zero-order valence-corrected chi connectivity index (χ0v) is 14.0. The lowest BCUT2D eigenvalue weighted by molar-refractivity contribution is -0.122. The van der Waals surface area contributed by atoms with Crippen LogP contribution in [0.15, 0.2) is 0 Å². The van der Waals surface area contributed by atoms with Gasteiger partial charge in [-0.25, -0.2) is 0 Å². The molecule has 0 aromatic heterocycles. The van der Waals surface area contributed by atoms with Crippen molar-refractivity contribution in [1.29, 1.82) is 0 Å². The maximum atomic E-state index is 11.8. The van der Waals surface area contributed by atoms with Gasteiger partial charge in [-0.1, -0.05) is 6.92 Å². The molecule has 1 N–H and O–H groups in total. The number of carbonyl (C=O) groups excluding carboxylic acids is 1. The second kappa shape index (κ2) is 7.53. The lowest BCUT2D eigenvalue weighted by atomic mass is 10.1. The highest BCUT2D eigenvalue weighted by Gasteiger charge is 2.27. The van der Waals surface area contributed by atoms with E-state index in [0.29, 0.717) is 12.5 Å². The van der Waals surface area contributed by atoms with Gasteiger partial charge in [0.05, 0.1) is 0 Å². The molecule has 0 unspecified atom stereocenters. The summed E-state index contributed by atoms with van der Waals surface area (Å²) in [6, 6.07) is 0.673. The Labute approximate surface area is 122 Å². The van der Waals surface area contributed by atoms with Crippen molar-refractivity contribution in [2.45, 2.75) is 70.2 Å². The van der Waals surface area contributed by atoms with Crippen molar-refractivity contribution in [1.82, 2.24) is 10.2 Å². The third kappa shape index (κ3) is 6.66. The van der Waals surface area contributed by atoms with Gasteiger partial charge < -0.3 is 10.2 Å². The average Bonchev–Trinajstić information content (AvgIpc) is 2.73. The Morgan fingerprint density at radius 3 is 2.63 bits per heavy atom. The predicted molar refractivity (Wildman–Crippen MR) is 84.7 cm³/mol. The van der Waals surface area contributed by atoms with E-state index < -0.39 is 0 Å². The van der Waals surface area contributed by atoms with E-state index in [-0.39, 0.29) is 11.4 Å². The van der Waals surface area contributed by atoms with Crippen LogP contribution >= 0.6 is 11.8 Å². The first-order valence-corrected chi connectivity index (χ1v) is 8.49. The van der Waals surface area contributed by atoms with Crippen LogP contribution in [0.2, 0.25) is 0 Å². The molecule has 0 aromatic rings. The summed E-state index contributed by atoms with van der Waals surface area (Å²) in [6.07, 6.45) is 4.52. The number of nitrogens with one attached hydrogen (secondary N) is 1. The van der Waals surface area contributed by atoms with Gasteiger partial charge in [-0.2, -0.15) is 11.8 Å². The summed E-state index contributed by atoms with van der Waals surface area (Å²) in [5, 5.41) is 3.86. The monoisotopic (exact) mass is 286 g/mol. The fourth-order valence-corrected chi connectivity index (χ4v) is 3.78. The highest BCUT2D eigenvalue weighted by Crippen LogP contribution is 2.32. The van der Waals surface area contributed by atoms with Gasteiger partial charge in [0.25, 0.3) is 0 Å². The van der Waals surface area contributed by atoms with Crippen LogP contribution in [-0.4, -0.2) is 47.0 Å². The predicted octanol–water partition coefficient (Wildman–Crippen LogP) is 2.90. The molecule has 1 aliphatic carbocycles. The van der Waals surface area contributed by atoms with Crippen LogP contribution in [0.4, 0.5) is 0 Å². The minimum Gasteiger partial charge on any atom is -0.351 e. The summed E-state index contributed by atoms with van der Waals surface area (Å²) in [5.74, 6) is 1.38. The van der Waals surface area contributed by atoms with Crippen molar-refractivity contribution < 1.29 is 4.79 Å². The van der Waals surface area contributed by atoms with Gasteiger partial charge in [0, 0.05) is 29.8 Å². The van der Waals surface area contributed by atoms with E-state index >= 15 is 0 Å². The number of hydrogen-bond donors (Lipinski definition) is 1. The van der Waals surface area contributed by atoms with Crippen molar-refractivity contribution in [2.75, 3.05) is 19.3 Å². The van der Waals surface area contributed by atoms with Crippen LogP contribution in [-0.2, 0) is 4.79 Å². The number of rotatable bonds is 6. The second-order valence-electron chi connectivity index (χ2n) is 6.57. The Hall–Kier alpha value is -0.220. The Morgan fingerprint density at radius 2 is 2.05 bits per heavy atom. The first-order valence-electron chi connectivity index (χ1n) is 7.44. The van der Waals surface area contributed by atoms with Gasteiger partial charge in [-0.15, -0.1) is 0 Å². The van der Waals surface area contributed by atoms with E-state index in [0.717, 1.165) is 11.8 Å². The number of nitrogens with zero attached hydrogens (tertiary/aromatic N) is 1. The minimum absolute atomic E-state index is 0.119. The van der Waals surface area contributed by atoms with Crippen LogP contribution in [0.25, 0.3) is 0 Å². The van der Waals surface area contributed by atoms with Crippen molar-refractivity contribution in [3.8, 4) is 0 Å². The molecule has 0 aliphatic heterocycles. The lowest BCUT2D eigenvalue weighted by Crippen LogP contribution is -2.42. The fourth-order valence-electron chi connectivity index (χ4n) is 2.65. The summed E-state index contributed by atoms with van der Waals surface area (Å²) in [4.78, 5) is 14.2. The Balaban J connectivity index is 2.25. The molecular weight excluding hydrogens is 256 g/mol. The summed E-state index contributed by atoms with van der Waals surface area (Å²) < 4.78 is 0. The van der Waals surface area contributed by atoms with Crippen LogP contribution in [0.5, 0.6) is 0 Å². The molecule has 1 rings (SSSR count). The SMILES string of the molecule is CCS[C@H]1CC[C@H](N(C)CCC(=O)NC(C)(C)C)C1. The molecule has 1 amide bonds. The molecule has 0 heterocycles. The Bertz CT molecular complexity index is 288. The maximum absolute atomic E-state index is 11.8. The summed E-state index contributed by atoms with van der Waals surface area (Å²) in [6.45, 7) is 9.18. The summed E-state index contributed by atoms with van der Waals surface area (Å²) in [7, 11) is 2.16. The topological polar surface area (TPSA) is 32.3 Å². The van der Waals surface area contributed by atoms with E-state index in [4.69, 9.17) is 0 Å². The average molecular weight is 286 g/mol. The Morgan fingerprint density at radius 1 is 1.37 bits per heavy atom. The highest BCUT2D eigenvalue weighted by atomic mass is 32.2. The fraction of sp³-hybridized carbons (Fsp3) is 0.933. The number of thioether (sulfide) groups is 1. The number of hydrogen-bond acceptors (Lipinski definition) is 3. The largest absolute Gasteiger partial charge is 0.351 e. The van der Waals surface area contributed by atoms with Crippen molar-refractivity contribution in [3.05, 3.63) is 0 Å². The van der Waals surface area contributed by atoms with Gasteiger partial charge in [-0.05, 0) is 52.8 Å². The first-order chi connectivity index (χ1) is 8.81. The third-order valence-corrected chi connectivity index (χ3v) is 4.82. The van der Waals surface area contributed by atoms with Gasteiger partial charge in [0.15, 0.2) is 0 Å². The van der Waals surface area contributed by atoms with Gasteiger partial charge >= 0.3 is 0 Å². The van der Waals surface area contributed by atoms with Crippen LogP contribution in [0.3, 0.4) is 0 Å². The molecule has 4 heteroatoms. The van der Waals surface area contributed by atoms with Gasteiger partial charge in [-0.3, -0.25) is 4.79 Å². The molecular formula is C15H30N2OS. The highest BCUT2D eigenvalue weighted by molar-refractivity contribution is 7.99. The van der Waals surface area contributed by atoms with E-state index in [2.05, 4.69) is 35.9 Å². The van der Waals surface area contributed by atoms with Crippen LogP contribution in [0.1, 0.15) is 53.4 Å². The first kappa shape index (κ1) is 16.8. The van der Waals surface area contributed by atoms with Crippen molar-refractivity contribution in [2.24, 2.45) is 0 Å². The molecule has 0 saturated heterocycles. The molecule has 112 valence electrons. The zero-order valence-electron chi connectivity index (χ0n) is 13.2. The quantitative estimate of drug-likeness (QED) is 0.815. The molecule has 0 spiro atoms. The standard InChI is InChI=1S/C15H30N2OS/c1-6-19-13-8-7-12(11-13)17(5)10-9-14(18)16-15(2,3)4/h12-13H,6-11H2,1-5H3,(H,16,18)/t12-,13-/m0/s1. The lowest BCUT2D eigenvalue weighted by Gasteiger charge is -2.25. The third-order valence-electron chi connectivity index (χ3n) is 3.59. The van der Waals surface area contributed by atoms with Crippen LogP contribution in [0, 0.1) is 0 Å². The van der Waals surface area contributed by atoms with E-state index in [1.54, 1.807) is 0 Å². The van der Waals surface area contributed by atoms with Crippen molar-refractivity contribution in [3.63, 3.8) is 0 Å². The molecule has 0 radical (unpaired) electrons. The molecule has 1 fully saturated rings. The zero-order chi connectivity index (χ0) is 14.5. The maximum Gasteiger partial charge on any atom is 0.221 e. The van der Waals surface area contributed by atoms with Crippen molar-refractivity contribution >= 4 is 17.7 Å². The second-order valence-corrected chi connectivity index (χ2v) is 8.15. The number of carbonyl (C=O) groups is 1.